The van der Waals surface area contributed by atoms with E-state index in [4.69, 9.17) is 6.42 Å². The van der Waals surface area contributed by atoms with Crippen LogP contribution in [-0.4, -0.2) is 28.4 Å². The molecule has 0 saturated heterocycles. The van der Waals surface area contributed by atoms with Crippen molar-refractivity contribution in [3.63, 3.8) is 0 Å². The van der Waals surface area contributed by atoms with E-state index in [9.17, 15) is 4.79 Å². The van der Waals surface area contributed by atoms with E-state index in [-0.39, 0.29) is 11.9 Å². The van der Waals surface area contributed by atoms with Crippen molar-refractivity contribution in [1.29, 1.82) is 0 Å². The number of amides is 1. The Balaban J connectivity index is 2.59. The van der Waals surface area contributed by atoms with Gasteiger partial charge in [0.1, 0.15) is 5.69 Å². The maximum absolute atomic E-state index is 13.2. The second-order valence-electron chi connectivity index (χ2n) is 5.91. The lowest BCUT2D eigenvalue weighted by Crippen LogP contribution is -2.45. The third-order valence-corrected chi connectivity index (χ3v) is 5.11. The standard InChI is InChI=1S/C23H24N2OS/c1-6-11-13-18(9-4)22-19(12-7-2)17(8-3)14-15-25(22)23(26)20-16-27-21(10-5)24-20/h5-9,11-13,16,22H,3-4,14-15H2,1-2H3/b11-6-,12-7-,18-13+. The Bertz CT molecular complexity index is 890. The predicted octanol–water partition coefficient (Wildman–Crippen LogP) is 5.09. The minimum atomic E-state index is -0.250. The first-order chi connectivity index (χ1) is 13.1. The summed E-state index contributed by atoms with van der Waals surface area (Å²) in [6.07, 6.45) is 19.7. The molecule has 138 valence electrons. The van der Waals surface area contributed by atoms with E-state index in [0.717, 1.165) is 23.1 Å². The van der Waals surface area contributed by atoms with Gasteiger partial charge in [-0.3, -0.25) is 4.79 Å². The van der Waals surface area contributed by atoms with Crippen LogP contribution in [0.4, 0.5) is 0 Å². The number of carbonyl (C=O) groups excluding carboxylic acids is 1. The minimum Gasteiger partial charge on any atom is -0.326 e. The number of hydrogen-bond donors (Lipinski definition) is 0. The molecule has 1 amide bonds. The average Bonchev–Trinajstić information content (AvgIpc) is 3.18. The lowest BCUT2D eigenvalue weighted by atomic mass is 9.86. The molecule has 0 N–H and O–H groups in total. The van der Waals surface area contributed by atoms with Gasteiger partial charge in [-0.25, -0.2) is 4.98 Å². The van der Waals surface area contributed by atoms with Gasteiger partial charge in [0.25, 0.3) is 5.91 Å². The lowest BCUT2D eigenvalue weighted by molar-refractivity contribution is 0.0717. The Kier molecular flexibility index (Phi) is 7.34. The first-order valence-electron chi connectivity index (χ1n) is 8.77. The van der Waals surface area contributed by atoms with Gasteiger partial charge in [0, 0.05) is 11.9 Å². The maximum Gasteiger partial charge on any atom is 0.274 e. The molecule has 0 spiro atoms. The van der Waals surface area contributed by atoms with E-state index in [2.05, 4.69) is 24.1 Å². The molecule has 0 fully saturated rings. The van der Waals surface area contributed by atoms with E-state index in [1.54, 1.807) is 11.5 Å². The van der Waals surface area contributed by atoms with Crippen LogP contribution in [0.25, 0.3) is 0 Å². The first-order valence-corrected chi connectivity index (χ1v) is 9.65. The summed E-state index contributed by atoms with van der Waals surface area (Å²) < 4.78 is 0. The highest BCUT2D eigenvalue weighted by molar-refractivity contribution is 7.10. The largest absolute Gasteiger partial charge is 0.326 e. The summed E-state index contributed by atoms with van der Waals surface area (Å²) >= 11 is 1.30. The molecule has 4 heteroatoms. The van der Waals surface area contributed by atoms with Crippen LogP contribution in [0.3, 0.4) is 0 Å². The van der Waals surface area contributed by atoms with E-state index >= 15 is 0 Å². The van der Waals surface area contributed by atoms with Crippen LogP contribution in [0.15, 0.2) is 77.8 Å². The number of aromatic nitrogens is 1. The van der Waals surface area contributed by atoms with Crippen molar-refractivity contribution in [3.8, 4) is 12.3 Å². The van der Waals surface area contributed by atoms with Crippen LogP contribution in [0.2, 0.25) is 0 Å². The summed E-state index contributed by atoms with van der Waals surface area (Å²) in [5, 5.41) is 2.23. The van der Waals surface area contributed by atoms with Crippen molar-refractivity contribution in [2.24, 2.45) is 0 Å². The Labute approximate surface area is 165 Å². The second kappa shape index (κ2) is 9.70. The van der Waals surface area contributed by atoms with Crippen molar-refractivity contribution in [3.05, 3.63) is 88.5 Å². The second-order valence-corrected chi connectivity index (χ2v) is 6.77. The number of carbonyl (C=O) groups is 1. The van der Waals surface area contributed by atoms with Crippen LogP contribution >= 0.6 is 11.3 Å². The highest BCUT2D eigenvalue weighted by Crippen LogP contribution is 2.32. The number of nitrogens with zero attached hydrogens (tertiary/aromatic N) is 2. The number of allylic oxidation sites excluding steroid dienone is 5. The fourth-order valence-electron chi connectivity index (χ4n) is 3.10. The summed E-state index contributed by atoms with van der Waals surface area (Å²) in [4.78, 5) is 19.3. The number of terminal acetylenes is 1. The van der Waals surface area contributed by atoms with Gasteiger partial charge in [-0.1, -0.05) is 55.7 Å². The molecule has 0 bridgehead atoms. The van der Waals surface area contributed by atoms with Crippen LogP contribution in [0.5, 0.6) is 0 Å². The molecular formula is C23H24N2OS. The number of hydrogen-bond acceptors (Lipinski definition) is 3. The monoisotopic (exact) mass is 376 g/mol. The van der Waals surface area contributed by atoms with Crippen LogP contribution < -0.4 is 0 Å². The van der Waals surface area contributed by atoms with E-state index < -0.39 is 0 Å². The zero-order chi connectivity index (χ0) is 19.8. The van der Waals surface area contributed by atoms with Gasteiger partial charge < -0.3 is 4.90 Å². The smallest absolute Gasteiger partial charge is 0.274 e. The SMILES string of the molecule is C#Cc1nc(C(=O)N2CCC(C=C)=C(/C=C\C)C2/C(C=C)=C/C=C\C)cs1. The van der Waals surface area contributed by atoms with Crippen molar-refractivity contribution in [2.75, 3.05) is 6.54 Å². The molecule has 3 nitrogen and oxygen atoms in total. The van der Waals surface area contributed by atoms with Crippen molar-refractivity contribution in [2.45, 2.75) is 26.3 Å². The van der Waals surface area contributed by atoms with Gasteiger partial charge in [0.05, 0.1) is 6.04 Å². The molecule has 1 aromatic heterocycles. The zero-order valence-electron chi connectivity index (χ0n) is 15.8. The van der Waals surface area contributed by atoms with Gasteiger partial charge in [0.2, 0.25) is 0 Å². The van der Waals surface area contributed by atoms with Crippen molar-refractivity contribution >= 4 is 17.2 Å². The van der Waals surface area contributed by atoms with Crippen LogP contribution in [0.1, 0.15) is 35.8 Å². The first kappa shape index (κ1) is 20.4. The van der Waals surface area contributed by atoms with Crippen molar-refractivity contribution < 1.29 is 4.79 Å². The Morgan fingerprint density at radius 1 is 1.41 bits per heavy atom. The highest BCUT2D eigenvalue weighted by atomic mass is 32.1. The lowest BCUT2D eigenvalue weighted by Gasteiger charge is -2.38. The fourth-order valence-corrected chi connectivity index (χ4v) is 3.69. The molecule has 1 unspecified atom stereocenters. The highest BCUT2D eigenvalue weighted by Gasteiger charge is 2.33. The molecule has 0 aromatic carbocycles. The Hall–Kier alpha value is -2.90. The minimum absolute atomic E-state index is 0.129. The molecule has 0 saturated carbocycles. The van der Waals surface area contributed by atoms with Gasteiger partial charge in [-0.2, -0.15) is 0 Å². The van der Waals surface area contributed by atoms with E-state index in [1.807, 2.05) is 55.2 Å². The molecule has 1 atom stereocenters. The Morgan fingerprint density at radius 2 is 2.19 bits per heavy atom. The summed E-state index contributed by atoms with van der Waals surface area (Å²) in [6.45, 7) is 12.4. The summed E-state index contributed by atoms with van der Waals surface area (Å²) in [5.41, 5.74) is 3.52. The normalized spacial score (nSPS) is 18.2. The molecule has 1 aliphatic heterocycles. The molecule has 1 aromatic rings. The summed E-state index contributed by atoms with van der Waals surface area (Å²) in [5.74, 6) is 2.36. The van der Waals surface area contributed by atoms with Gasteiger partial charge in [-0.05, 0) is 42.9 Å². The molecule has 0 aliphatic carbocycles. The summed E-state index contributed by atoms with van der Waals surface area (Å²) in [6, 6.07) is -0.250. The van der Waals surface area contributed by atoms with E-state index in [1.165, 1.54) is 11.3 Å². The number of thiazole rings is 1. The molecule has 1 aliphatic rings. The molecule has 27 heavy (non-hydrogen) atoms. The van der Waals surface area contributed by atoms with Crippen molar-refractivity contribution in [1.82, 2.24) is 9.88 Å². The zero-order valence-corrected chi connectivity index (χ0v) is 16.6. The Morgan fingerprint density at radius 3 is 2.74 bits per heavy atom. The van der Waals surface area contributed by atoms with Crippen LogP contribution in [0, 0.1) is 12.3 Å². The topological polar surface area (TPSA) is 33.2 Å². The molecular weight excluding hydrogens is 352 g/mol. The molecule has 2 heterocycles. The predicted molar refractivity (Wildman–Crippen MR) is 115 cm³/mol. The van der Waals surface area contributed by atoms with Gasteiger partial charge >= 0.3 is 0 Å². The summed E-state index contributed by atoms with van der Waals surface area (Å²) in [7, 11) is 0. The third-order valence-electron chi connectivity index (χ3n) is 4.33. The van der Waals surface area contributed by atoms with E-state index in [0.29, 0.717) is 17.2 Å². The fraction of sp³-hybridized carbons (Fsp3) is 0.217. The molecule has 2 rings (SSSR count). The quantitative estimate of drug-likeness (QED) is 0.512. The van der Waals surface area contributed by atoms with Gasteiger partial charge in [-0.15, -0.1) is 17.8 Å². The molecule has 0 radical (unpaired) electrons. The maximum atomic E-state index is 13.2. The van der Waals surface area contributed by atoms with Crippen LogP contribution in [-0.2, 0) is 0 Å². The third kappa shape index (κ3) is 4.45. The average molecular weight is 377 g/mol. The number of rotatable bonds is 6. The van der Waals surface area contributed by atoms with Gasteiger partial charge in [0.15, 0.2) is 5.01 Å².